The molecule has 0 aliphatic rings. The van der Waals surface area contributed by atoms with Crippen LogP contribution in [0, 0.1) is 0 Å². The topological polar surface area (TPSA) is 78.9 Å². The van der Waals surface area contributed by atoms with Crippen molar-refractivity contribution in [1.82, 2.24) is 0 Å². The lowest BCUT2D eigenvalue weighted by atomic mass is 10.0. The highest BCUT2D eigenvalue weighted by Crippen LogP contribution is 2.18. The van der Waals surface area contributed by atoms with Gasteiger partial charge in [-0.25, -0.2) is 0 Å². The Bertz CT molecular complexity index is 1520. The van der Waals surface area contributed by atoms with Gasteiger partial charge >= 0.3 is 17.9 Å². The lowest BCUT2D eigenvalue weighted by molar-refractivity contribution is -0.167. The summed E-state index contributed by atoms with van der Waals surface area (Å²) in [5.74, 6) is -0.880. The lowest BCUT2D eigenvalue weighted by Crippen LogP contribution is -2.30. The number of hydrogen-bond donors (Lipinski definition) is 0. The Hall–Kier alpha value is -3.15. The summed E-state index contributed by atoms with van der Waals surface area (Å²) in [4.78, 5) is 38.5. The van der Waals surface area contributed by atoms with Crippen molar-refractivity contribution in [3.63, 3.8) is 0 Å². The highest BCUT2D eigenvalue weighted by atomic mass is 16.6. The number of rotatable bonds is 67. The van der Waals surface area contributed by atoms with E-state index in [0.717, 1.165) is 103 Å². The van der Waals surface area contributed by atoms with Crippen molar-refractivity contribution < 1.29 is 28.6 Å². The van der Waals surface area contributed by atoms with E-state index in [9.17, 15) is 14.4 Å². The smallest absolute Gasteiger partial charge is 0.306 e. The van der Waals surface area contributed by atoms with Crippen LogP contribution < -0.4 is 0 Å². The summed E-state index contributed by atoms with van der Waals surface area (Å²) in [6.45, 7) is 6.56. The Morgan fingerprint density at radius 1 is 0.253 bits per heavy atom. The van der Waals surface area contributed by atoms with Crippen molar-refractivity contribution in [2.45, 2.75) is 386 Å². The molecule has 0 aliphatic carbocycles. The average Bonchev–Trinajstić information content (AvgIpc) is 3.49. The molecule has 6 nitrogen and oxygen atoms in total. The second-order valence-corrected chi connectivity index (χ2v) is 24.5. The van der Waals surface area contributed by atoms with Crippen LogP contribution in [0.4, 0.5) is 0 Å². The van der Waals surface area contributed by atoms with Gasteiger partial charge in [0.15, 0.2) is 6.10 Å². The van der Waals surface area contributed by atoms with Crippen molar-refractivity contribution in [2.24, 2.45) is 0 Å². The molecule has 0 aromatic carbocycles. The Morgan fingerprint density at radius 2 is 0.470 bits per heavy atom. The van der Waals surface area contributed by atoms with E-state index in [1.165, 1.54) is 238 Å². The van der Waals surface area contributed by atoms with E-state index in [1.54, 1.807) is 0 Å². The van der Waals surface area contributed by atoms with E-state index in [0.29, 0.717) is 19.3 Å². The van der Waals surface area contributed by atoms with E-state index in [2.05, 4.69) is 93.7 Å². The van der Waals surface area contributed by atoms with Gasteiger partial charge in [0.2, 0.25) is 0 Å². The van der Waals surface area contributed by atoms with Gasteiger partial charge in [-0.2, -0.15) is 0 Å². The average molecular weight is 1160 g/mol. The summed E-state index contributed by atoms with van der Waals surface area (Å²) in [6.07, 6.45) is 93.7. The summed E-state index contributed by atoms with van der Waals surface area (Å²) in [5.41, 5.74) is 0. The van der Waals surface area contributed by atoms with Gasteiger partial charge in [-0.05, 0) is 109 Å². The second kappa shape index (κ2) is 71.3. The van der Waals surface area contributed by atoms with Gasteiger partial charge in [0.05, 0.1) is 0 Å². The first-order chi connectivity index (χ1) is 41.0. The summed E-state index contributed by atoms with van der Waals surface area (Å²) in [6, 6.07) is 0. The van der Waals surface area contributed by atoms with E-state index in [1.807, 2.05) is 0 Å². The number of esters is 3. The van der Waals surface area contributed by atoms with Gasteiger partial charge in [-0.15, -0.1) is 0 Å². The summed E-state index contributed by atoms with van der Waals surface area (Å²) in [5, 5.41) is 0. The fourth-order valence-electron chi connectivity index (χ4n) is 10.7. The number of ether oxygens (including phenoxy) is 3. The van der Waals surface area contributed by atoms with E-state index >= 15 is 0 Å². The third kappa shape index (κ3) is 69.5. The van der Waals surface area contributed by atoms with Gasteiger partial charge in [-0.3, -0.25) is 14.4 Å². The Kier molecular flexibility index (Phi) is 68.6. The summed E-state index contributed by atoms with van der Waals surface area (Å²) < 4.78 is 17.0. The molecule has 0 N–H and O–H groups in total. The molecular weight excluding hydrogens is 1020 g/mol. The third-order valence-corrected chi connectivity index (χ3v) is 16.2. The minimum Gasteiger partial charge on any atom is -0.462 e. The van der Waals surface area contributed by atoms with Crippen LogP contribution in [-0.4, -0.2) is 37.2 Å². The standard InChI is InChI=1S/C77H138O6/c1-4-7-10-13-16-19-22-25-28-30-32-34-35-36-37-38-39-40-41-43-44-46-49-52-55-58-61-64-67-70-76(79)82-73-74(72-81-75(78)69-66-63-60-57-54-51-48-27-24-21-18-15-12-9-6-3)83-77(80)71-68-65-62-59-56-53-50-47-45-42-33-31-29-26-23-20-17-14-11-8-5-2/h9,12,18,21,23,26-27,30-33,48,74H,4-8,10-11,13-17,19-20,22,24-25,28-29,34-47,49-73H2,1-3H3/b12-9-,21-18-,26-23-,32-30-,33-31-,48-27-. The Labute approximate surface area is 516 Å². The molecule has 0 radical (unpaired) electrons. The minimum absolute atomic E-state index is 0.0798. The van der Waals surface area contributed by atoms with Crippen LogP contribution in [0.2, 0.25) is 0 Å². The molecule has 0 fully saturated rings. The zero-order valence-corrected chi connectivity index (χ0v) is 55.5. The van der Waals surface area contributed by atoms with Crippen LogP contribution >= 0.6 is 0 Å². The summed E-state index contributed by atoms with van der Waals surface area (Å²) >= 11 is 0. The maximum atomic E-state index is 13.0. The maximum absolute atomic E-state index is 13.0. The van der Waals surface area contributed by atoms with Crippen LogP contribution in [0.15, 0.2) is 72.9 Å². The molecule has 0 aromatic heterocycles. The Morgan fingerprint density at radius 3 is 0.747 bits per heavy atom. The van der Waals surface area contributed by atoms with Gasteiger partial charge in [0.1, 0.15) is 13.2 Å². The van der Waals surface area contributed by atoms with E-state index in [4.69, 9.17) is 14.2 Å². The van der Waals surface area contributed by atoms with Crippen molar-refractivity contribution in [3.05, 3.63) is 72.9 Å². The molecule has 0 bridgehead atoms. The second-order valence-electron chi connectivity index (χ2n) is 24.5. The van der Waals surface area contributed by atoms with E-state index < -0.39 is 6.10 Å². The molecule has 0 saturated carbocycles. The number of carbonyl (C=O) groups is 3. The quantitative estimate of drug-likeness (QED) is 0.0261. The number of hydrogen-bond acceptors (Lipinski definition) is 6. The first kappa shape index (κ1) is 79.8. The van der Waals surface area contributed by atoms with Crippen LogP contribution in [-0.2, 0) is 28.6 Å². The molecule has 1 atom stereocenters. The van der Waals surface area contributed by atoms with Crippen molar-refractivity contribution >= 4 is 17.9 Å². The highest BCUT2D eigenvalue weighted by molar-refractivity contribution is 5.71. The number of carbonyl (C=O) groups excluding carboxylic acids is 3. The Balaban J connectivity index is 4.26. The molecule has 83 heavy (non-hydrogen) atoms. The van der Waals surface area contributed by atoms with Crippen molar-refractivity contribution in [2.75, 3.05) is 13.2 Å². The molecule has 0 aromatic rings. The molecule has 0 heterocycles. The zero-order chi connectivity index (χ0) is 59.9. The molecule has 0 amide bonds. The molecule has 0 aliphatic heterocycles. The zero-order valence-electron chi connectivity index (χ0n) is 55.5. The first-order valence-electron chi connectivity index (χ1n) is 36.4. The number of unbranched alkanes of at least 4 members (excludes halogenated alkanes) is 44. The fraction of sp³-hybridized carbons (Fsp3) is 0.805. The van der Waals surface area contributed by atoms with Crippen molar-refractivity contribution in [1.29, 1.82) is 0 Å². The molecule has 1 unspecified atom stereocenters. The monoisotopic (exact) mass is 1160 g/mol. The molecule has 0 saturated heterocycles. The van der Waals surface area contributed by atoms with Crippen LogP contribution in [0.25, 0.3) is 0 Å². The lowest BCUT2D eigenvalue weighted by Gasteiger charge is -2.18. The van der Waals surface area contributed by atoms with Crippen molar-refractivity contribution in [3.8, 4) is 0 Å². The van der Waals surface area contributed by atoms with Gasteiger partial charge in [0, 0.05) is 19.3 Å². The number of allylic oxidation sites excluding steroid dienone is 12. The highest BCUT2D eigenvalue weighted by Gasteiger charge is 2.19. The fourth-order valence-corrected chi connectivity index (χ4v) is 10.7. The predicted molar refractivity (Wildman–Crippen MR) is 362 cm³/mol. The molecule has 0 spiro atoms. The van der Waals surface area contributed by atoms with Crippen LogP contribution in [0.1, 0.15) is 380 Å². The van der Waals surface area contributed by atoms with Crippen LogP contribution in [0.3, 0.4) is 0 Å². The molecule has 0 rings (SSSR count). The molecule has 6 heteroatoms. The SMILES string of the molecule is CC/C=C\C/C=C\C/C=C\CCCCCCCC(=O)OCC(COC(=O)CCCCCCCCCCCCCCCCCCC/C=C\CCCCCCCCCC)OC(=O)CCCCCCCCCCC/C=C\C/C=C\CCCCCCC. The third-order valence-electron chi connectivity index (χ3n) is 16.2. The predicted octanol–water partition coefficient (Wildman–Crippen LogP) is 25.2. The first-order valence-corrected chi connectivity index (χ1v) is 36.4. The van der Waals surface area contributed by atoms with E-state index in [-0.39, 0.29) is 31.1 Å². The van der Waals surface area contributed by atoms with Crippen LogP contribution in [0.5, 0.6) is 0 Å². The maximum Gasteiger partial charge on any atom is 0.306 e. The van der Waals surface area contributed by atoms with Gasteiger partial charge in [0.25, 0.3) is 0 Å². The minimum atomic E-state index is -0.786. The normalized spacial score (nSPS) is 12.5. The summed E-state index contributed by atoms with van der Waals surface area (Å²) in [7, 11) is 0. The van der Waals surface area contributed by atoms with Gasteiger partial charge < -0.3 is 14.2 Å². The van der Waals surface area contributed by atoms with Gasteiger partial charge in [-0.1, -0.05) is 325 Å². The molecular formula is C77H138O6. The molecule has 482 valence electrons. The largest absolute Gasteiger partial charge is 0.462 e.